The van der Waals surface area contributed by atoms with E-state index in [9.17, 15) is 14.4 Å². The Bertz CT molecular complexity index is 792. The Balaban J connectivity index is 1.72. The van der Waals surface area contributed by atoms with E-state index in [2.05, 4.69) is 5.32 Å². The number of ether oxygens (including phenoxy) is 1. The number of ketones is 1. The molecule has 0 aliphatic heterocycles. The number of anilines is 1. The molecule has 0 aliphatic rings. The summed E-state index contributed by atoms with van der Waals surface area (Å²) in [6, 6.07) is 14.0. The first-order chi connectivity index (χ1) is 12.5. The Hall–Kier alpha value is -2.31. The van der Waals surface area contributed by atoms with Crippen LogP contribution in [0.25, 0.3) is 0 Å². The Morgan fingerprint density at radius 1 is 1.08 bits per heavy atom. The average Bonchev–Trinajstić information content (AvgIpc) is 2.62. The number of benzene rings is 2. The minimum absolute atomic E-state index is 0.155. The van der Waals surface area contributed by atoms with Crippen molar-refractivity contribution in [2.45, 2.75) is 18.2 Å². The minimum Gasteiger partial charge on any atom is -0.456 e. The number of hydrogen-bond donors (Lipinski definition) is 1. The molecule has 136 valence electrons. The number of Topliss-reactive ketones (excluding diaryl/α,β-unsaturated/α-hetero) is 1. The van der Waals surface area contributed by atoms with Gasteiger partial charge in [-0.15, -0.1) is 11.8 Å². The van der Waals surface area contributed by atoms with Gasteiger partial charge in [-0.2, -0.15) is 0 Å². The van der Waals surface area contributed by atoms with Gasteiger partial charge in [0, 0.05) is 21.2 Å². The molecule has 0 spiro atoms. The lowest BCUT2D eigenvalue weighted by molar-refractivity contribution is -0.146. The van der Waals surface area contributed by atoms with Crippen molar-refractivity contribution in [3.63, 3.8) is 0 Å². The molecule has 0 heterocycles. The number of para-hydroxylation sites is 1. The van der Waals surface area contributed by atoms with Crippen LogP contribution >= 0.6 is 23.4 Å². The van der Waals surface area contributed by atoms with Crippen molar-refractivity contribution in [3.05, 3.63) is 59.1 Å². The van der Waals surface area contributed by atoms with Gasteiger partial charge in [0.05, 0.1) is 12.1 Å². The number of thioether (sulfide) groups is 1. The highest BCUT2D eigenvalue weighted by molar-refractivity contribution is 7.99. The van der Waals surface area contributed by atoms with Crippen molar-refractivity contribution < 1.29 is 19.1 Å². The molecule has 2 rings (SSSR count). The van der Waals surface area contributed by atoms with Crippen molar-refractivity contribution in [3.8, 4) is 0 Å². The monoisotopic (exact) mass is 391 g/mol. The van der Waals surface area contributed by atoms with Crippen LogP contribution < -0.4 is 5.32 Å². The summed E-state index contributed by atoms with van der Waals surface area (Å²) >= 11 is 7.31. The van der Waals surface area contributed by atoms with E-state index >= 15 is 0 Å². The van der Waals surface area contributed by atoms with Gasteiger partial charge in [-0.3, -0.25) is 14.4 Å². The highest BCUT2D eigenvalue weighted by atomic mass is 35.5. The van der Waals surface area contributed by atoms with Crippen molar-refractivity contribution in [2.75, 3.05) is 17.7 Å². The van der Waals surface area contributed by atoms with E-state index in [0.717, 1.165) is 4.90 Å². The number of amides is 1. The molecule has 7 heteroatoms. The maximum absolute atomic E-state index is 11.9. The van der Waals surface area contributed by atoms with Gasteiger partial charge in [0.25, 0.3) is 5.91 Å². The van der Waals surface area contributed by atoms with Crippen molar-refractivity contribution in [1.82, 2.24) is 0 Å². The number of carbonyl (C=O) groups is 3. The summed E-state index contributed by atoms with van der Waals surface area (Å²) in [6.07, 6.45) is 0.185. The zero-order valence-corrected chi connectivity index (χ0v) is 15.7. The summed E-state index contributed by atoms with van der Waals surface area (Å²) in [5, 5.41) is 3.24. The van der Waals surface area contributed by atoms with Crippen LogP contribution in [0.15, 0.2) is 53.4 Å². The van der Waals surface area contributed by atoms with Gasteiger partial charge < -0.3 is 10.1 Å². The number of nitrogens with one attached hydrogen (secondary N) is 1. The molecule has 5 nitrogen and oxygen atoms in total. The van der Waals surface area contributed by atoms with Gasteiger partial charge in [0.1, 0.15) is 0 Å². The Morgan fingerprint density at radius 2 is 1.77 bits per heavy atom. The fourth-order valence-corrected chi connectivity index (χ4v) is 3.05. The maximum atomic E-state index is 11.9. The molecule has 1 N–H and O–H groups in total. The first kappa shape index (κ1) is 20.0. The van der Waals surface area contributed by atoms with E-state index < -0.39 is 18.5 Å². The first-order valence-electron chi connectivity index (χ1n) is 7.89. The quantitative estimate of drug-likeness (QED) is 0.414. The van der Waals surface area contributed by atoms with E-state index in [4.69, 9.17) is 16.3 Å². The van der Waals surface area contributed by atoms with E-state index in [1.165, 1.54) is 18.7 Å². The van der Waals surface area contributed by atoms with Crippen LogP contribution in [-0.4, -0.2) is 30.0 Å². The topological polar surface area (TPSA) is 72.5 Å². The van der Waals surface area contributed by atoms with E-state index in [1.54, 1.807) is 36.4 Å². The molecule has 0 fully saturated rings. The van der Waals surface area contributed by atoms with E-state index in [1.807, 2.05) is 12.1 Å². The number of halogens is 1. The molecular weight excluding hydrogens is 374 g/mol. The van der Waals surface area contributed by atoms with Crippen LogP contribution in [0.4, 0.5) is 5.69 Å². The zero-order chi connectivity index (χ0) is 18.9. The van der Waals surface area contributed by atoms with Crippen LogP contribution in [-0.2, 0) is 14.3 Å². The SMILES string of the molecule is CC(=O)c1ccccc1NC(=O)COC(=O)CCSc1ccc(Cl)cc1. The predicted octanol–water partition coefficient (Wildman–Crippen LogP) is 4.21. The molecule has 0 saturated heterocycles. The second kappa shape index (κ2) is 9.99. The molecule has 2 aromatic rings. The Morgan fingerprint density at radius 3 is 2.46 bits per heavy atom. The van der Waals surface area contributed by atoms with Crippen LogP contribution in [0.1, 0.15) is 23.7 Å². The predicted molar refractivity (Wildman–Crippen MR) is 103 cm³/mol. The Labute approximate surface area is 161 Å². The van der Waals surface area contributed by atoms with Crippen LogP contribution in [0.5, 0.6) is 0 Å². The van der Waals surface area contributed by atoms with Crippen LogP contribution in [0, 0.1) is 0 Å². The fraction of sp³-hybridized carbons (Fsp3) is 0.211. The number of hydrogen-bond acceptors (Lipinski definition) is 5. The molecule has 0 bridgehead atoms. The maximum Gasteiger partial charge on any atom is 0.307 e. The van der Waals surface area contributed by atoms with Gasteiger partial charge in [-0.1, -0.05) is 23.7 Å². The van der Waals surface area contributed by atoms with Crippen molar-refractivity contribution in [2.24, 2.45) is 0 Å². The van der Waals surface area contributed by atoms with E-state index in [0.29, 0.717) is 22.0 Å². The lowest BCUT2D eigenvalue weighted by Gasteiger charge is -2.09. The van der Waals surface area contributed by atoms with Gasteiger partial charge in [0.2, 0.25) is 0 Å². The summed E-state index contributed by atoms with van der Waals surface area (Å²) < 4.78 is 4.96. The molecule has 2 aromatic carbocycles. The van der Waals surface area contributed by atoms with Crippen LogP contribution in [0.3, 0.4) is 0 Å². The number of esters is 1. The van der Waals surface area contributed by atoms with Crippen molar-refractivity contribution >= 4 is 46.7 Å². The highest BCUT2D eigenvalue weighted by Crippen LogP contribution is 2.21. The highest BCUT2D eigenvalue weighted by Gasteiger charge is 2.12. The molecular formula is C19H18ClNO4S. The van der Waals surface area contributed by atoms with Gasteiger partial charge >= 0.3 is 5.97 Å². The van der Waals surface area contributed by atoms with E-state index in [-0.39, 0.29) is 12.2 Å². The molecule has 0 radical (unpaired) electrons. The third-order valence-electron chi connectivity index (χ3n) is 3.33. The number of carbonyl (C=O) groups excluding carboxylic acids is 3. The van der Waals surface area contributed by atoms with Crippen LogP contribution in [0.2, 0.25) is 5.02 Å². The summed E-state index contributed by atoms with van der Waals surface area (Å²) in [5.74, 6) is -0.564. The molecule has 0 aromatic heterocycles. The average molecular weight is 392 g/mol. The lowest BCUT2D eigenvalue weighted by Crippen LogP contribution is -2.22. The zero-order valence-electron chi connectivity index (χ0n) is 14.2. The molecule has 0 atom stereocenters. The summed E-state index contributed by atoms with van der Waals surface area (Å²) in [6.45, 7) is 1.03. The largest absolute Gasteiger partial charge is 0.456 e. The van der Waals surface area contributed by atoms with Crippen molar-refractivity contribution in [1.29, 1.82) is 0 Å². The molecule has 0 saturated carbocycles. The normalized spacial score (nSPS) is 10.2. The molecule has 26 heavy (non-hydrogen) atoms. The molecule has 0 unspecified atom stereocenters. The lowest BCUT2D eigenvalue weighted by atomic mass is 10.1. The first-order valence-corrected chi connectivity index (χ1v) is 9.26. The fourth-order valence-electron chi connectivity index (χ4n) is 2.09. The van der Waals surface area contributed by atoms with Gasteiger partial charge in [0.15, 0.2) is 12.4 Å². The Kier molecular flexibility index (Phi) is 7.69. The van der Waals surface area contributed by atoms with Gasteiger partial charge in [-0.05, 0) is 43.3 Å². The number of rotatable bonds is 8. The summed E-state index contributed by atoms with van der Waals surface area (Å²) in [7, 11) is 0. The smallest absolute Gasteiger partial charge is 0.307 e. The summed E-state index contributed by atoms with van der Waals surface area (Å²) in [4.78, 5) is 36.2. The second-order valence-electron chi connectivity index (χ2n) is 5.36. The molecule has 1 amide bonds. The minimum atomic E-state index is -0.489. The standard InChI is InChI=1S/C19H18ClNO4S/c1-13(22)16-4-2-3-5-17(16)21-18(23)12-25-19(24)10-11-26-15-8-6-14(20)7-9-15/h2-9H,10-12H2,1H3,(H,21,23). The third-order valence-corrected chi connectivity index (χ3v) is 4.60. The van der Waals surface area contributed by atoms with Gasteiger partial charge in [-0.25, -0.2) is 0 Å². The summed E-state index contributed by atoms with van der Waals surface area (Å²) in [5.41, 5.74) is 0.811. The third kappa shape index (κ3) is 6.54. The molecule has 0 aliphatic carbocycles. The second-order valence-corrected chi connectivity index (χ2v) is 6.97.